The Bertz CT molecular complexity index is 757. The summed E-state index contributed by atoms with van der Waals surface area (Å²) < 4.78 is 1.89. The first-order valence-corrected chi connectivity index (χ1v) is 10.1. The molecule has 0 radical (unpaired) electrons. The van der Waals surface area contributed by atoms with E-state index in [1.54, 1.807) is 0 Å². The summed E-state index contributed by atoms with van der Waals surface area (Å²) in [5.74, 6) is 0.815. The molecule has 0 aliphatic heterocycles. The predicted octanol–water partition coefficient (Wildman–Crippen LogP) is 4.06. The van der Waals surface area contributed by atoms with Crippen LogP contribution >= 0.6 is 0 Å². The molecule has 5 nitrogen and oxygen atoms in total. The van der Waals surface area contributed by atoms with Gasteiger partial charge in [-0.25, -0.2) is 9.50 Å². The Labute approximate surface area is 156 Å². The molecule has 0 saturated heterocycles. The fourth-order valence-corrected chi connectivity index (χ4v) is 4.13. The summed E-state index contributed by atoms with van der Waals surface area (Å²) in [6, 6.07) is 1.99. The number of aromatic nitrogens is 3. The van der Waals surface area contributed by atoms with Crippen molar-refractivity contribution in [3.63, 3.8) is 0 Å². The molecular weight excluding hydrogens is 324 g/mol. The number of hydrogen-bond acceptors (Lipinski definition) is 3. The molecule has 142 valence electrons. The van der Waals surface area contributed by atoms with Crippen LogP contribution in [0.5, 0.6) is 0 Å². The molecule has 2 aromatic rings. The molecule has 1 N–H and O–H groups in total. The van der Waals surface area contributed by atoms with Crippen molar-refractivity contribution in [3.05, 3.63) is 28.7 Å². The van der Waals surface area contributed by atoms with E-state index in [9.17, 15) is 4.79 Å². The lowest BCUT2D eigenvalue weighted by Crippen LogP contribution is -2.30. The first-order valence-electron chi connectivity index (χ1n) is 10.1. The van der Waals surface area contributed by atoms with Gasteiger partial charge in [0.05, 0.1) is 5.69 Å². The van der Waals surface area contributed by atoms with Gasteiger partial charge < -0.3 is 5.32 Å². The van der Waals surface area contributed by atoms with Crippen LogP contribution in [0.15, 0.2) is 6.07 Å². The third-order valence-corrected chi connectivity index (χ3v) is 5.70. The molecule has 26 heavy (non-hydrogen) atoms. The first kappa shape index (κ1) is 18.9. The van der Waals surface area contributed by atoms with E-state index in [0.29, 0.717) is 12.3 Å². The zero-order valence-electron chi connectivity index (χ0n) is 16.5. The average Bonchev–Trinajstić information content (AvgIpc) is 2.94. The Morgan fingerprint density at radius 1 is 1.15 bits per heavy atom. The quantitative estimate of drug-likeness (QED) is 0.879. The zero-order chi connectivity index (χ0) is 18.5. The second-order valence-electron chi connectivity index (χ2n) is 7.83. The Morgan fingerprint density at radius 3 is 2.58 bits per heavy atom. The van der Waals surface area contributed by atoms with Gasteiger partial charge in [-0.15, -0.1) is 0 Å². The van der Waals surface area contributed by atoms with Gasteiger partial charge >= 0.3 is 0 Å². The van der Waals surface area contributed by atoms with Gasteiger partial charge in [-0.05, 0) is 51.5 Å². The second-order valence-corrected chi connectivity index (χ2v) is 7.83. The number of hydrogen-bond donors (Lipinski definition) is 1. The molecule has 5 heteroatoms. The van der Waals surface area contributed by atoms with Crippen LogP contribution in [0.4, 0.5) is 0 Å². The highest BCUT2D eigenvalue weighted by Crippen LogP contribution is 2.22. The minimum Gasteiger partial charge on any atom is -0.356 e. The van der Waals surface area contributed by atoms with Crippen LogP contribution in [-0.4, -0.2) is 27.0 Å². The fraction of sp³-hybridized carbons (Fsp3) is 0.667. The maximum atomic E-state index is 12.3. The molecule has 0 unspecified atom stereocenters. The topological polar surface area (TPSA) is 59.3 Å². The van der Waals surface area contributed by atoms with Crippen LogP contribution in [0.2, 0.25) is 0 Å². The molecular formula is C21H32N4O. The van der Waals surface area contributed by atoms with E-state index in [4.69, 9.17) is 0 Å². The average molecular weight is 357 g/mol. The summed E-state index contributed by atoms with van der Waals surface area (Å²) in [5.41, 5.74) is 5.09. The van der Waals surface area contributed by atoms with Crippen molar-refractivity contribution in [2.24, 2.45) is 5.92 Å². The van der Waals surface area contributed by atoms with Gasteiger partial charge in [0, 0.05) is 30.4 Å². The number of nitrogens with zero attached hydrogens (tertiary/aromatic N) is 3. The van der Waals surface area contributed by atoms with Gasteiger partial charge in [0.2, 0.25) is 5.91 Å². The van der Waals surface area contributed by atoms with Crippen LogP contribution in [0.25, 0.3) is 5.65 Å². The summed E-state index contributed by atoms with van der Waals surface area (Å²) in [7, 11) is 0. The van der Waals surface area contributed by atoms with E-state index >= 15 is 0 Å². The van der Waals surface area contributed by atoms with Crippen LogP contribution in [-0.2, 0) is 11.2 Å². The van der Waals surface area contributed by atoms with Crippen molar-refractivity contribution < 1.29 is 4.79 Å². The third-order valence-electron chi connectivity index (χ3n) is 5.70. The molecule has 2 aromatic heterocycles. The van der Waals surface area contributed by atoms with Gasteiger partial charge in [0.15, 0.2) is 5.65 Å². The van der Waals surface area contributed by atoms with Gasteiger partial charge in [-0.2, -0.15) is 5.10 Å². The van der Waals surface area contributed by atoms with E-state index in [0.717, 1.165) is 41.3 Å². The molecule has 1 fully saturated rings. The van der Waals surface area contributed by atoms with Gasteiger partial charge in [-0.1, -0.05) is 32.1 Å². The van der Waals surface area contributed by atoms with Crippen molar-refractivity contribution in [1.82, 2.24) is 19.9 Å². The standard InChI is InChI=1S/C21H32N4O/c1-15-13-20-23-16(2)19(17(3)25(20)24-15)11-12-21(26)22-14-18-9-7-5-4-6-8-10-18/h13,18H,4-12,14H2,1-3H3,(H,22,26). The number of aryl methyl sites for hydroxylation is 3. The number of amides is 1. The lowest BCUT2D eigenvalue weighted by Gasteiger charge is -2.20. The summed E-state index contributed by atoms with van der Waals surface area (Å²) >= 11 is 0. The first-order chi connectivity index (χ1) is 12.5. The Kier molecular flexibility index (Phi) is 6.28. The number of fused-ring (bicyclic) bond motifs is 1. The van der Waals surface area contributed by atoms with Gasteiger partial charge in [0.1, 0.15) is 0 Å². The summed E-state index contributed by atoms with van der Waals surface area (Å²) in [6.07, 6.45) is 10.5. The van der Waals surface area contributed by atoms with Crippen molar-refractivity contribution >= 4 is 11.6 Å². The number of rotatable bonds is 5. The van der Waals surface area contributed by atoms with Crippen LogP contribution in [0.3, 0.4) is 0 Å². The largest absolute Gasteiger partial charge is 0.356 e. The number of carbonyl (C=O) groups excluding carboxylic acids is 1. The molecule has 0 atom stereocenters. The predicted molar refractivity (Wildman–Crippen MR) is 104 cm³/mol. The lowest BCUT2D eigenvalue weighted by molar-refractivity contribution is -0.121. The lowest BCUT2D eigenvalue weighted by atomic mass is 9.91. The Balaban J connectivity index is 1.55. The normalized spacial score (nSPS) is 16.4. The van der Waals surface area contributed by atoms with Crippen LogP contribution < -0.4 is 5.32 Å². The highest BCUT2D eigenvalue weighted by molar-refractivity contribution is 5.76. The molecule has 0 bridgehead atoms. The molecule has 1 saturated carbocycles. The molecule has 0 spiro atoms. The number of carbonyl (C=O) groups is 1. The van der Waals surface area contributed by atoms with E-state index in [1.807, 2.05) is 24.4 Å². The smallest absolute Gasteiger partial charge is 0.220 e. The monoisotopic (exact) mass is 356 g/mol. The Morgan fingerprint density at radius 2 is 1.85 bits per heavy atom. The SMILES string of the molecule is Cc1cc2nc(C)c(CCC(=O)NCC3CCCCCCC3)c(C)n2n1. The maximum absolute atomic E-state index is 12.3. The van der Waals surface area contributed by atoms with Crippen LogP contribution in [0, 0.1) is 26.7 Å². The highest BCUT2D eigenvalue weighted by Gasteiger charge is 2.15. The summed E-state index contributed by atoms with van der Waals surface area (Å²) in [5, 5.41) is 7.68. The van der Waals surface area contributed by atoms with Crippen LogP contribution in [0.1, 0.15) is 74.0 Å². The fourth-order valence-electron chi connectivity index (χ4n) is 4.13. The van der Waals surface area contributed by atoms with E-state index in [2.05, 4.69) is 22.3 Å². The minimum atomic E-state index is 0.155. The summed E-state index contributed by atoms with van der Waals surface area (Å²) in [6.45, 7) is 6.91. The van der Waals surface area contributed by atoms with E-state index in [-0.39, 0.29) is 5.91 Å². The maximum Gasteiger partial charge on any atom is 0.220 e. The molecule has 3 rings (SSSR count). The second kappa shape index (κ2) is 8.65. The molecule has 0 aromatic carbocycles. The van der Waals surface area contributed by atoms with Crippen molar-refractivity contribution in [1.29, 1.82) is 0 Å². The van der Waals surface area contributed by atoms with Crippen molar-refractivity contribution in [2.45, 2.75) is 78.6 Å². The number of nitrogens with one attached hydrogen (secondary N) is 1. The molecule has 1 aliphatic rings. The van der Waals surface area contributed by atoms with E-state index < -0.39 is 0 Å². The van der Waals surface area contributed by atoms with Gasteiger partial charge in [-0.3, -0.25) is 4.79 Å². The highest BCUT2D eigenvalue weighted by atomic mass is 16.1. The summed E-state index contributed by atoms with van der Waals surface area (Å²) in [4.78, 5) is 17.0. The third kappa shape index (κ3) is 4.63. The molecule has 1 aliphatic carbocycles. The van der Waals surface area contributed by atoms with Crippen molar-refractivity contribution in [2.75, 3.05) is 6.54 Å². The zero-order valence-corrected chi connectivity index (χ0v) is 16.5. The van der Waals surface area contributed by atoms with Gasteiger partial charge in [0.25, 0.3) is 0 Å². The molecule has 2 heterocycles. The Hall–Kier alpha value is -1.91. The van der Waals surface area contributed by atoms with Crippen molar-refractivity contribution in [3.8, 4) is 0 Å². The molecule has 1 amide bonds. The minimum absolute atomic E-state index is 0.155. The van der Waals surface area contributed by atoms with E-state index in [1.165, 1.54) is 44.9 Å².